The van der Waals surface area contributed by atoms with Gasteiger partial charge in [0.15, 0.2) is 0 Å². The Labute approximate surface area is 158 Å². The molecule has 0 spiro atoms. The number of aromatic nitrogens is 1. The fraction of sp³-hybridized carbons (Fsp3) is 0.667. The SMILES string of the molecule is CC(C)(C)OC(=O)N(CCCO)C(C)(C)O.Cc1ccnc(C(F)(F)F)c1. The van der Waals surface area contributed by atoms with Crippen molar-refractivity contribution in [2.45, 2.75) is 65.5 Å². The Bertz CT molecular complexity index is 593. The average Bonchev–Trinajstić information content (AvgIpc) is 2.44. The van der Waals surface area contributed by atoms with Crippen molar-refractivity contribution in [2.24, 2.45) is 0 Å². The van der Waals surface area contributed by atoms with Gasteiger partial charge in [-0.05, 0) is 65.7 Å². The first-order chi connectivity index (χ1) is 12.1. The molecule has 1 heterocycles. The number of alkyl halides is 3. The molecule has 0 saturated heterocycles. The number of aliphatic hydroxyl groups excluding tert-OH is 1. The molecule has 0 aliphatic heterocycles. The first-order valence-corrected chi connectivity index (χ1v) is 8.41. The number of carbonyl (C=O) groups is 1. The van der Waals surface area contributed by atoms with Crippen LogP contribution in [0.2, 0.25) is 0 Å². The molecule has 0 radical (unpaired) electrons. The molecule has 0 atom stereocenters. The number of halogens is 3. The third-order valence-corrected chi connectivity index (χ3v) is 3.02. The number of pyridine rings is 1. The fourth-order valence-electron chi connectivity index (χ4n) is 1.83. The summed E-state index contributed by atoms with van der Waals surface area (Å²) in [5.41, 5.74) is -2.16. The lowest BCUT2D eigenvalue weighted by Crippen LogP contribution is -2.50. The van der Waals surface area contributed by atoms with Gasteiger partial charge >= 0.3 is 12.3 Å². The van der Waals surface area contributed by atoms with Gasteiger partial charge in [0.2, 0.25) is 0 Å². The molecule has 27 heavy (non-hydrogen) atoms. The van der Waals surface area contributed by atoms with Crippen LogP contribution in [0.1, 0.15) is 52.3 Å². The minimum absolute atomic E-state index is 0.0324. The Morgan fingerprint density at radius 2 is 1.78 bits per heavy atom. The molecule has 156 valence electrons. The Morgan fingerprint density at radius 1 is 1.22 bits per heavy atom. The van der Waals surface area contributed by atoms with E-state index in [4.69, 9.17) is 9.84 Å². The average molecular weight is 394 g/mol. The van der Waals surface area contributed by atoms with Crippen LogP contribution < -0.4 is 0 Å². The smallest absolute Gasteiger partial charge is 0.433 e. The molecule has 0 aromatic carbocycles. The summed E-state index contributed by atoms with van der Waals surface area (Å²) >= 11 is 0. The van der Waals surface area contributed by atoms with Crippen LogP contribution in [0.4, 0.5) is 18.0 Å². The zero-order valence-corrected chi connectivity index (χ0v) is 16.6. The molecule has 0 unspecified atom stereocenters. The topological polar surface area (TPSA) is 82.9 Å². The van der Waals surface area contributed by atoms with Gasteiger partial charge in [-0.25, -0.2) is 4.79 Å². The number of hydrogen-bond donors (Lipinski definition) is 2. The highest BCUT2D eigenvalue weighted by Crippen LogP contribution is 2.27. The van der Waals surface area contributed by atoms with E-state index < -0.39 is 29.3 Å². The molecule has 0 aliphatic carbocycles. The number of aryl methyl sites for hydroxylation is 1. The van der Waals surface area contributed by atoms with Crippen molar-refractivity contribution >= 4 is 6.09 Å². The number of carbonyl (C=O) groups excluding carboxylic acids is 1. The van der Waals surface area contributed by atoms with Crippen LogP contribution in [0.5, 0.6) is 0 Å². The van der Waals surface area contributed by atoms with Gasteiger partial charge in [0.05, 0.1) is 0 Å². The summed E-state index contributed by atoms with van der Waals surface area (Å²) in [5, 5.41) is 18.5. The molecule has 1 amide bonds. The molecule has 2 N–H and O–H groups in total. The van der Waals surface area contributed by atoms with Gasteiger partial charge in [0.25, 0.3) is 0 Å². The zero-order valence-electron chi connectivity index (χ0n) is 16.6. The predicted octanol–water partition coefficient (Wildman–Crippen LogP) is 3.74. The quantitative estimate of drug-likeness (QED) is 0.760. The van der Waals surface area contributed by atoms with Crippen molar-refractivity contribution < 1.29 is 32.9 Å². The van der Waals surface area contributed by atoms with Gasteiger partial charge in [0, 0.05) is 19.3 Å². The highest BCUT2D eigenvalue weighted by molar-refractivity contribution is 5.68. The van der Waals surface area contributed by atoms with Crippen molar-refractivity contribution in [3.8, 4) is 0 Å². The van der Waals surface area contributed by atoms with E-state index in [0.717, 1.165) is 12.3 Å². The maximum absolute atomic E-state index is 11.9. The maximum Gasteiger partial charge on any atom is 0.433 e. The number of aliphatic hydroxyl groups is 2. The third kappa shape index (κ3) is 10.8. The summed E-state index contributed by atoms with van der Waals surface area (Å²) in [4.78, 5) is 16.2. The minimum atomic E-state index is -4.33. The van der Waals surface area contributed by atoms with Crippen LogP contribution in [0.3, 0.4) is 0 Å². The van der Waals surface area contributed by atoms with Gasteiger partial charge in [-0.1, -0.05) is 0 Å². The maximum atomic E-state index is 11.9. The van der Waals surface area contributed by atoms with E-state index in [1.165, 1.54) is 24.8 Å². The second-order valence-electron chi connectivity index (χ2n) is 7.42. The molecular formula is C18H29F3N2O4. The number of ether oxygens (including phenoxy) is 1. The van der Waals surface area contributed by atoms with E-state index in [0.29, 0.717) is 12.0 Å². The standard InChI is InChI=1S/C11H23NO4.C7H6F3N/c1-10(2,3)16-9(14)12(7-6-8-13)11(4,5)15;1-5-2-3-11-6(4-5)7(8,9)10/h13,15H,6-8H2,1-5H3;2-4H,1H3. The van der Waals surface area contributed by atoms with Crippen LogP contribution in [0, 0.1) is 6.92 Å². The van der Waals surface area contributed by atoms with Crippen molar-refractivity contribution in [1.29, 1.82) is 0 Å². The summed E-state index contributed by atoms with van der Waals surface area (Å²) in [6, 6.07) is 2.54. The fourth-order valence-corrected chi connectivity index (χ4v) is 1.83. The molecular weight excluding hydrogens is 365 g/mol. The second kappa shape index (κ2) is 9.89. The Hall–Kier alpha value is -1.87. The molecule has 0 bridgehead atoms. The number of hydrogen-bond acceptors (Lipinski definition) is 5. The summed E-state index contributed by atoms with van der Waals surface area (Å²) < 4.78 is 40.9. The molecule has 0 aliphatic rings. The summed E-state index contributed by atoms with van der Waals surface area (Å²) in [7, 11) is 0. The lowest BCUT2D eigenvalue weighted by molar-refractivity contribution is -0.141. The zero-order chi connectivity index (χ0) is 21.5. The molecule has 0 saturated carbocycles. The highest BCUT2D eigenvalue weighted by Gasteiger charge is 2.32. The highest BCUT2D eigenvalue weighted by atomic mass is 19.4. The molecule has 1 aromatic heterocycles. The van der Waals surface area contributed by atoms with Crippen molar-refractivity contribution in [2.75, 3.05) is 13.2 Å². The van der Waals surface area contributed by atoms with Gasteiger partial charge in [-0.2, -0.15) is 13.2 Å². The van der Waals surface area contributed by atoms with Crippen LogP contribution in [-0.4, -0.2) is 50.7 Å². The third-order valence-electron chi connectivity index (χ3n) is 3.02. The molecule has 1 aromatic rings. The normalized spacial score (nSPS) is 12.1. The lowest BCUT2D eigenvalue weighted by Gasteiger charge is -2.35. The Balaban J connectivity index is 0.000000533. The van der Waals surface area contributed by atoms with Crippen molar-refractivity contribution in [3.63, 3.8) is 0 Å². The summed E-state index contributed by atoms with van der Waals surface area (Å²) in [6.07, 6.45) is -3.35. The van der Waals surface area contributed by atoms with E-state index in [1.807, 2.05) is 0 Å². The van der Waals surface area contributed by atoms with E-state index in [-0.39, 0.29) is 13.2 Å². The summed E-state index contributed by atoms with van der Waals surface area (Å²) in [6.45, 7) is 10.1. The number of rotatable bonds is 4. The van der Waals surface area contributed by atoms with E-state index in [1.54, 1.807) is 27.7 Å². The summed E-state index contributed by atoms with van der Waals surface area (Å²) in [5.74, 6) is 0. The van der Waals surface area contributed by atoms with Crippen LogP contribution in [-0.2, 0) is 10.9 Å². The van der Waals surface area contributed by atoms with Gasteiger partial charge in [0.1, 0.15) is 17.0 Å². The molecule has 9 heteroatoms. The number of amides is 1. The monoisotopic (exact) mass is 394 g/mol. The van der Waals surface area contributed by atoms with Gasteiger partial charge in [-0.3, -0.25) is 9.88 Å². The Kier molecular flexibility index (Phi) is 9.20. The number of nitrogens with zero attached hydrogens (tertiary/aromatic N) is 2. The predicted molar refractivity (Wildman–Crippen MR) is 94.9 cm³/mol. The van der Waals surface area contributed by atoms with Crippen molar-refractivity contribution in [1.82, 2.24) is 9.88 Å². The largest absolute Gasteiger partial charge is 0.444 e. The van der Waals surface area contributed by atoms with E-state index in [2.05, 4.69) is 4.98 Å². The molecule has 0 fully saturated rings. The van der Waals surface area contributed by atoms with Crippen LogP contribution >= 0.6 is 0 Å². The van der Waals surface area contributed by atoms with Crippen molar-refractivity contribution in [3.05, 3.63) is 29.6 Å². The van der Waals surface area contributed by atoms with E-state index in [9.17, 15) is 23.1 Å². The van der Waals surface area contributed by atoms with Crippen LogP contribution in [0.15, 0.2) is 18.3 Å². The van der Waals surface area contributed by atoms with Gasteiger partial charge < -0.3 is 14.9 Å². The molecule has 6 nitrogen and oxygen atoms in total. The Morgan fingerprint density at radius 3 is 2.11 bits per heavy atom. The molecule has 1 rings (SSSR count). The minimum Gasteiger partial charge on any atom is -0.444 e. The van der Waals surface area contributed by atoms with Gasteiger partial charge in [-0.15, -0.1) is 0 Å². The van der Waals surface area contributed by atoms with Crippen LogP contribution in [0.25, 0.3) is 0 Å². The lowest BCUT2D eigenvalue weighted by atomic mass is 10.2. The second-order valence-corrected chi connectivity index (χ2v) is 7.42. The first kappa shape index (κ1) is 25.1. The first-order valence-electron chi connectivity index (χ1n) is 8.41. The van der Waals surface area contributed by atoms with E-state index >= 15 is 0 Å².